The topological polar surface area (TPSA) is 171 Å². The van der Waals surface area contributed by atoms with Crippen molar-refractivity contribution in [1.82, 2.24) is 16.0 Å². The fourth-order valence-corrected chi connectivity index (χ4v) is 1.23. The summed E-state index contributed by atoms with van der Waals surface area (Å²) in [5.74, 6) is -3.38. The number of nitrogens with two attached hydrogens (primary N) is 1. The van der Waals surface area contributed by atoms with Gasteiger partial charge in [-0.15, -0.1) is 0 Å². The maximum atomic E-state index is 11.6. The second-order valence-electron chi connectivity index (χ2n) is 4.40. The van der Waals surface area contributed by atoms with Gasteiger partial charge in [0, 0.05) is 0 Å². The Morgan fingerprint density at radius 2 is 1.57 bits per heavy atom. The molecule has 3 unspecified atom stereocenters. The maximum Gasteiger partial charge on any atom is 0.322 e. The molecule has 0 aliphatic carbocycles. The summed E-state index contributed by atoms with van der Waals surface area (Å²) in [6.07, 6.45) is -1.24. The molecule has 21 heavy (non-hydrogen) atoms. The SMILES string of the molecule is CC(N)C(=O)NCC(=O)NC(C(=O)NCC(=O)O)C(C)O. The van der Waals surface area contributed by atoms with E-state index in [0.29, 0.717) is 0 Å². The van der Waals surface area contributed by atoms with Gasteiger partial charge in [0.2, 0.25) is 17.7 Å². The summed E-state index contributed by atoms with van der Waals surface area (Å²) in [5, 5.41) is 24.3. The molecule has 0 aromatic rings. The average Bonchev–Trinajstić information content (AvgIpc) is 2.38. The van der Waals surface area contributed by atoms with Crippen molar-refractivity contribution in [2.24, 2.45) is 5.73 Å². The third kappa shape index (κ3) is 7.84. The smallest absolute Gasteiger partial charge is 0.322 e. The Labute approximate surface area is 121 Å². The Morgan fingerprint density at radius 3 is 2.00 bits per heavy atom. The van der Waals surface area contributed by atoms with Crippen molar-refractivity contribution >= 4 is 23.7 Å². The quantitative estimate of drug-likeness (QED) is 0.270. The van der Waals surface area contributed by atoms with E-state index in [1.54, 1.807) is 0 Å². The van der Waals surface area contributed by atoms with Gasteiger partial charge in [0.15, 0.2) is 0 Å². The van der Waals surface area contributed by atoms with Gasteiger partial charge in [0.1, 0.15) is 12.6 Å². The van der Waals surface area contributed by atoms with Crippen LogP contribution in [-0.2, 0) is 19.2 Å². The molecule has 10 heteroatoms. The van der Waals surface area contributed by atoms with Crippen molar-refractivity contribution in [3.63, 3.8) is 0 Å². The fraction of sp³-hybridized carbons (Fsp3) is 0.636. The molecule has 0 bridgehead atoms. The van der Waals surface area contributed by atoms with E-state index in [2.05, 4.69) is 10.6 Å². The number of amides is 3. The van der Waals surface area contributed by atoms with Crippen LogP contribution in [0.4, 0.5) is 0 Å². The largest absolute Gasteiger partial charge is 0.480 e. The summed E-state index contributed by atoms with van der Waals surface area (Å²) in [7, 11) is 0. The van der Waals surface area contributed by atoms with E-state index in [1.165, 1.54) is 13.8 Å². The van der Waals surface area contributed by atoms with Crippen molar-refractivity contribution in [2.75, 3.05) is 13.1 Å². The van der Waals surface area contributed by atoms with Crippen LogP contribution in [0.25, 0.3) is 0 Å². The number of aliphatic hydroxyl groups is 1. The predicted molar refractivity (Wildman–Crippen MR) is 70.9 cm³/mol. The molecule has 0 spiro atoms. The first kappa shape index (κ1) is 18.8. The van der Waals surface area contributed by atoms with Gasteiger partial charge in [-0.25, -0.2) is 0 Å². The molecule has 3 atom stereocenters. The minimum absolute atomic E-state index is 0.421. The van der Waals surface area contributed by atoms with Gasteiger partial charge >= 0.3 is 5.97 Å². The lowest BCUT2D eigenvalue weighted by atomic mass is 10.1. The number of carbonyl (C=O) groups excluding carboxylic acids is 3. The van der Waals surface area contributed by atoms with Crippen LogP contribution in [0.5, 0.6) is 0 Å². The van der Waals surface area contributed by atoms with Gasteiger partial charge < -0.3 is 31.9 Å². The summed E-state index contributed by atoms with van der Waals surface area (Å²) in [6.45, 7) is 1.63. The molecule has 10 nitrogen and oxygen atoms in total. The lowest BCUT2D eigenvalue weighted by Gasteiger charge is -2.20. The second kappa shape index (κ2) is 8.87. The molecular weight excluding hydrogens is 284 g/mol. The zero-order valence-electron chi connectivity index (χ0n) is 11.8. The molecule has 0 radical (unpaired) electrons. The van der Waals surface area contributed by atoms with Crippen LogP contribution in [0.3, 0.4) is 0 Å². The number of aliphatic hydroxyl groups excluding tert-OH is 1. The van der Waals surface area contributed by atoms with Crippen molar-refractivity contribution in [3.8, 4) is 0 Å². The first-order valence-corrected chi connectivity index (χ1v) is 6.15. The summed E-state index contributed by atoms with van der Waals surface area (Å²) >= 11 is 0. The monoisotopic (exact) mass is 304 g/mol. The predicted octanol–water partition coefficient (Wildman–Crippen LogP) is -3.48. The number of hydrogen-bond donors (Lipinski definition) is 6. The Kier molecular flexibility index (Phi) is 7.94. The van der Waals surface area contributed by atoms with Gasteiger partial charge in [-0.3, -0.25) is 19.2 Å². The van der Waals surface area contributed by atoms with Crippen molar-refractivity contribution in [1.29, 1.82) is 0 Å². The third-order valence-electron chi connectivity index (χ3n) is 2.33. The van der Waals surface area contributed by atoms with Crippen molar-refractivity contribution < 1.29 is 29.4 Å². The van der Waals surface area contributed by atoms with Crippen LogP contribution in [0.1, 0.15) is 13.8 Å². The molecule has 0 aliphatic rings. The van der Waals surface area contributed by atoms with Crippen molar-refractivity contribution in [3.05, 3.63) is 0 Å². The van der Waals surface area contributed by atoms with Crippen LogP contribution in [-0.4, -0.2) is 65.2 Å². The number of hydrogen-bond acceptors (Lipinski definition) is 6. The van der Waals surface area contributed by atoms with Crippen LogP contribution in [0.2, 0.25) is 0 Å². The third-order valence-corrected chi connectivity index (χ3v) is 2.33. The average molecular weight is 304 g/mol. The lowest BCUT2D eigenvalue weighted by Crippen LogP contribution is -2.55. The lowest BCUT2D eigenvalue weighted by molar-refractivity contribution is -0.139. The summed E-state index contributed by atoms with van der Waals surface area (Å²) in [5.41, 5.74) is 5.28. The normalized spacial score (nSPS) is 14.5. The fourth-order valence-electron chi connectivity index (χ4n) is 1.23. The summed E-state index contributed by atoms with van der Waals surface area (Å²) in [6, 6.07) is -2.12. The molecule has 120 valence electrons. The van der Waals surface area contributed by atoms with Crippen LogP contribution in [0.15, 0.2) is 0 Å². The van der Waals surface area contributed by atoms with Gasteiger partial charge in [-0.1, -0.05) is 0 Å². The molecule has 0 saturated carbocycles. The van der Waals surface area contributed by atoms with E-state index in [4.69, 9.17) is 10.8 Å². The highest BCUT2D eigenvalue weighted by Crippen LogP contribution is 1.93. The van der Waals surface area contributed by atoms with Crippen LogP contribution in [0, 0.1) is 0 Å². The highest BCUT2D eigenvalue weighted by molar-refractivity contribution is 5.92. The second-order valence-corrected chi connectivity index (χ2v) is 4.40. The molecular formula is C11H20N4O6. The van der Waals surface area contributed by atoms with Crippen LogP contribution < -0.4 is 21.7 Å². The summed E-state index contributed by atoms with van der Waals surface area (Å²) < 4.78 is 0. The van der Waals surface area contributed by atoms with E-state index < -0.39 is 55.0 Å². The minimum atomic E-state index is -1.33. The van der Waals surface area contributed by atoms with Gasteiger partial charge in [0.25, 0.3) is 0 Å². The minimum Gasteiger partial charge on any atom is -0.480 e. The standard InChI is InChI=1S/C11H20N4O6/c1-5(12)10(20)13-3-7(17)15-9(6(2)16)11(21)14-4-8(18)19/h5-6,9,16H,3-4,12H2,1-2H3,(H,13,20)(H,14,21)(H,15,17)(H,18,19). The Morgan fingerprint density at radius 1 is 1.05 bits per heavy atom. The number of rotatable bonds is 8. The van der Waals surface area contributed by atoms with E-state index >= 15 is 0 Å². The maximum absolute atomic E-state index is 11.6. The van der Waals surface area contributed by atoms with Gasteiger partial charge in [0.05, 0.1) is 18.7 Å². The molecule has 0 fully saturated rings. The molecule has 7 N–H and O–H groups in total. The first-order chi connectivity index (χ1) is 9.65. The highest BCUT2D eigenvalue weighted by atomic mass is 16.4. The number of aliphatic carboxylic acids is 1. The first-order valence-electron chi connectivity index (χ1n) is 6.15. The molecule has 0 saturated heterocycles. The van der Waals surface area contributed by atoms with E-state index in [-0.39, 0.29) is 0 Å². The molecule has 0 heterocycles. The molecule has 3 amide bonds. The van der Waals surface area contributed by atoms with E-state index in [0.717, 1.165) is 0 Å². The molecule has 0 aromatic carbocycles. The zero-order valence-corrected chi connectivity index (χ0v) is 11.8. The number of carboxylic acid groups (broad SMARTS) is 1. The van der Waals surface area contributed by atoms with Crippen molar-refractivity contribution in [2.45, 2.75) is 32.0 Å². The molecule has 0 aromatic heterocycles. The highest BCUT2D eigenvalue weighted by Gasteiger charge is 2.25. The number of carbonyl (C=O) groups is 4. The van der Waals surface area contributed by atoms with Gasteiger partial charge in [-0.05, 0) is 13.8 Å². The summed E-state index contributed by atoms with van der Waals surface area (Å²) in [4.78, 5) is 44.7. The van der Waals surface area contributed by atoms with Gasteiger partial charge in [-0.2, -0.15) is 0 Å². The number of carboxylic acids is 1. The molecule has 0 rings (SSSR count). The van der Waals surface area contributed by atoms with Crippen LogP contribution >= 0.6 is 0 Å². The Balaban J connectivity index is 4.43. The Bertz CT molecular complexity index is 410. The molecule has 0 aliphatic heterocycles. The van der Waals surface area contributed by atoms with E-state index in [9.17, 15) is 24.3 Å². The Hall–Kier alpha value is -2.20. The van der Waals surface area contributed by atoms with E-state index in [1.807, 2.05) is 5.32 Å². The zero-order chi connectivity index (χ0) is 16.6. The number of nitrogens with one attached hydrogen (secondary N) is 3.